The fourth-order valence-corrected chi connectivity index (χ4v) is 4.71. The van der Waals surface area contributed by atoms with Crippen LogP contribution >= 0.6 is 11.6 Å². The van der Waals surface area contributed by atoms with Crippen molar-refractivity contribution >= 4 is 39.2 Å². The summed E-state index contributed by atoms with van der Waals surface area (Å²) in [5, 5.41) is 2.61. The van der Waals surface area contributed by atoms with E-state index in [1.807, 2.05) is 0 Å². The van der Waals surface area contributed by atoms with Gasteiger partial charge in [-0.25, -0.2) is 17.2 Å². The first-order valence-corrected chi connectivity index (χ1v) is 11.2. The Hall–Kier alpha value is -2.56. The predicted molar refractivity (Wildman–Crippen MR) is 109 cm³/mol. The van der Waals surface area contributed by atoms with Crippen molar-refractivity contribution in [3.8, 4) is 0 Å². The number of halogens is 3. The van der Waals surface area contributed by atoms with E-state index in [4.69, 9.17) is 16.3 Å². The zero-order chi connectivity index (χ0) is 22.6. The summed E-state index contributed by atoms with van der Waals surface area (Å²) < 4.78 is 58.0. The Labute approximate surface area is 183 Å². The molecule has 0 bridgehead atoms. The molecule has 1 N–H and O–H groups in total. The molecule has 2 aromatic carbocycles. The smallest absolute Gasteiger partial charge is 0.309 e. The van der Waals surface area contributed by atoms with E-state index in [9.17, 15) is 26.8 Å². The second-order valence-corrected chi connectivity index (χ2v) is 9.29. The molecule has 0 aliphatic carbocycles. The predicted octanol–water partition coefficient (Wildman–Crippen LogP) is 3.20. The lowest BCUT2D eigenvalue weighted by atomic mass is 9.98. The molecule has 1 aliphatic rings. The highest BCUT2D eigenvalue weighted by Gasteiger charge is 2.33. The number of ether oxygens (including phenoxy) is 1. The number of benzene rings is 2. The second kappa shape index (κ2) is 9.71. The van der Waals surface area contributed by atoms with Crippen LogP contribution in [0.15, 0.2) is 47.4 Å². The molecule has 0 atom stereocenters. The highest BCUT2D eigenvalue weighted by atomic mass is 35.5. The number of hydrogen-bond acceptors (Lipinski definition) is 5. The normalized spacial score (nSPS) is 15.5. The number of carbonyl (C=O) groups excluding carboxylic acids is 2. The maximum absolute atomic E-state index is 13.6. The number of carbonyl (C=O) groups is 2. The van der Waals surface area contributed by atoms with Gasteiger partial charge < -0.3 is 10.1 Å². The SMILES string of the molecule is O=C(COC(=O)C1CCN(S(=O)(=O)c2ccc(Cl)cc2)CC1)Nc1ccc(F)cc1F. The van der Waals surface area contributed by atoms with E-state index in [1.54, 1.807) is 0 Å². The number of amides is 1. The number of sulfonamides is 1. The van der Waals surface area contributed by atoms with Crippen molar-refractivity contribution in [2.24, 2.45) is 5.92 Å². The van der Waals surface area contributed by atoms with Gasteiger partial charge >= 0.3 is 5.97 Å². The molecular weight excluding hydrogens is 454 g/mol. The molecule has 0 spiro atoms. The fourth-order valence-electron chi connectivity index (χ4n) is 3.12. The third kappa shape index (κ3) is 5.78. The van der Waals surface area contributed by atoms with Crippen LogP contribution in [0, 0.1) is 17.6 Å². The zero-order valence-corrected chi connectivity index (χ0v) is 17.8. The molecule has 1 amide bonds. The van der Waals surface area contributed by atoms with Crippen LogP contribution < -0.4 is 5.32 Å². The van der Waals surface area contributed by atoms with Gasteiger partial charge in [0.1, 0.15) is 11.6 Å². The van der Waals surface area contributed by atoms with E-state index in [1.165, 1.54) is 28.6 Å². The maximum Gasteiger partial charge on any atom is 0.309 e. The molecule has 0 aromatic heterocycles. The van der Waals surface area contributed by atoms with Crippen LogP contribution in [0.5, 0.6) is 0 Å². The van der Waals surface area contributed by atoms with Crippen molar-refractivity contribution in [3.05, 3.63) is 59.1 Å². The van der Waals surface area contributed by atoms with Gasteiger partial charge in [-0.15, -0.1) is 0 Å². The highest BCUT2D eigenvalue weighted by Crippen LogP contribution is 2.25. The van der Waals surface area contributed by atoms with E-state index >= 15 is 0 Å². The van der Waals surface area contributed by atoms with E-state index in [2.05, 4.69) is 5.32 Å². The summed E-state index contributed by atoms with van der Waals surface area (Å²) in [6, 6.07) is 8.47. The number of nitrogens with one attached hydrogen (secondary N) is 1. The summed E-state index contributed by atoms with van der Waals surface area (Å²) in [6.07, 6.45) is 0.472. The molecule has 3 rings (SSSR count). The van der Waals surface area contributed by atoms with Gasteiger partial charge in [0.15, 0.2) is 6.61 Å². The van der Waals surface area contributed by atoms with E-state index < -0.39 is 46.1 Å². The quantitative estimate of drug-likeness (QED) is 0.652. The standard InChI is InChI=1S/C20H19ClF2N2O5S/c21-14-1-4-16(5-2-14)31(28,29)25-9-7-13(8-10-25)20(27)30-12-19(26)24-18-6-3-15(22)11-17(18)23/h1-6,11,13H,7-10,12H2,(H,24,26). The van der Waals surface area contributed by atoms with Crippen LogP contribution in [-0.4, -0.2) is 44.3 Å². The van der Waals surface area contributed by atoms with Crippen LogP contribution in [0.2, 0.25) is 5.02 Å². The third-order valence-corrected chi connectivity index (χ3v) is 6.95. The van der Waals surface area contributed by atoms with Crippen LogP contribution in [0.25, 0.3) is 0 Å². The Bertz CT molecular complexity index is 1070. The molecule has 7 nitrogen and oxygen atoms in total. The summed E-state index contributed by atoms with van der Waals surface area (Å²) in [5.41, 5.74) is -0.233. The minimum absolute atomic E-state index is 0.114. The van der Waals surface area contributed by atoms with Crippen molar-refractivity contribution in [2.45, 2.75) is 17.7 Å². The van der Waals surface area contributed by atoms with Crippen molar-refractivity contribution in [1.82, 2.24) is 4.31 Å². The zero-order valence-electron chi connectivity index (χ0n) is 16.2. The average Bonchev–Trinajstić information content (AvgIpc) is 2.74. The van der Waals surface area contributed by atoms with Gasteiger partial charge in [-0.3, -0.25) is 9.59 Å². The molecular formula is C20H19ClF2N2O5S. The van der Waals surface area contributed by atoms with Gasteiger partial charge in [0.2, 0.25) is 10.0 Å². The van der Waals surface area contributed by atoms with Crippen molar-refractivity contribution in [1.29, 1.82) is 0 Å². The average molecular weight is 473 g/mol. The lowest BCUT2D eigenvalue weighted by Gasteiger charge is -2.30. The molecule has 1 aliphatic heterocycles. The van der Waals surface area contributed by atoms with Crippen molar-refractivity contribution in [3.63, 3.8) is 0 Å². The van der Waals surface area contributed by atoms with Crippen LogP contribution in [0.4, 0.5) is 14.5 Å². The Morgan fingerprint density at radius 1 is 1.10 bits per heavy atom. The number of rotatable bonds is 6. The Morgan fingerprint density at radius 2 is 1.74 bits per heavy atom. The number of esters is 1. The molecule has 0 radical (unpaired) electrons. The van der Waals surface area contributed by atoms with Crippen molar-refractivity contribution in [2.75, 3.05) is 25.0 Å². The highest BCUT2D eigenvalue weighted by molar-refractivity contribution is 7.89. The summed E-state index contributed by atoms with van der Waals surface area (Å²) in [6.45, 7) is -0.394. The first kappa shape index (κ1) is 23.1. The summed E-state index contributed by atoms with van der Waals surface area (Å²) in [7, 11) is -3.70. The topological polar surface area (TPSA) is 92.8 Å². The fraction of sp³-hybridized carbons (Fsp3) is 0.300. The second-order valence-electron chi connectivity index (χ2n) is 6.91. The third-order valence-electron chi connectivity index (χ3n) is 4.79. The molecule has 2 aromatic rings. The molecule has 0 saturated carbocycles. The lowest BCUT2D eigenvalue weighted by molar-refractivity contribution is -0.152. The van der Waals surface area contributed by atoms with Crippen molar-refractivity contribution < 1.29 is 31.5 Å². The van der Waals surface area contributed by atoms with Gasteiger partial charge in [0.25, 0.3) is 5.91 Å². The Morgan fingerprint density at radius 3 is 2.35 bits per heavy atom. The molecule has 31 heavy (non-hydrogen) atoms. The van der Waals surface area contributed by atoms with E-state index in [0.29, 0.717) is 11.1 Å². The first-order chi connectivity index (χ1) is 14.7. The maximum atomic E-state index is 13.6. The Kier molecular flexibility index (Phi) is 7.24. The largest absolute Gasteiger partial charge is 0.455 e. The monoisotopic (exact) mass is 472 g/mol. The minimum atomic E-state index is -3.70. The van der Waals surface area contributed by atoms with Gasteiger partial charge in [-0.1, -0.05) is 11.6 Å². The first-order valence-electron chi connectivity index (χ1n) is 9.34. The van der Waals surface area contributed by atoms with Gasteiger partial charge in [0.05, 0.1) is 16.5 Å². The van der Waals surface area contributed by atoms with E-state index in [0.717, 1.165) is 12.1 Å². The summed E-state index contributed by atoms with van der Waals surface area (Å²) in [4.78, 5) is 24.2. The number of nitrogens with zero attached hydrogens (tertiary/aromatic N) is 1. The molecule has 1 saturated heterocycles. The Balaban J connectivity index is 1.48. The van der Waals surface area contributed by atoms with Gasteiger partial charge in [-0.05, 0) is 49.2 Å². The molecule has 1 heterocycles. The number of piperidine rings is 1. The van der Waals surface area contributed by atoms with Crippen LogP contribution in [0.3, 0.4) is 0 Å². The van der Waals surface area contributed by atoms with Gasteiger partial charge in [-0.2, -0.15) is 4.31 Å². The molecule has 11 heteroatoms. The lowest BCUT2D eigenvalue weighted by Crippen LogP contribution is -2.40. The summed E-state index contributed by atoms with van der Waals surface area (Å²) >= 11 is 5.79. The van der Waals surface area contributed by atoms with Gasteiger partial charge in [0, 0.05) is 24.2 Å². The van der Waals surface area contributed by atoms with Crippen LogP contribution in [-0.2, 0) is 24.3 Å². The molecule has 0 unspecified atom stereocenters. The van der Waals surface area contributed by atoms with E-state index in [-0.39, 0.29) is 36.5 Å². The number of hydrogen-bond donors (Lipinski definition) is 1. The minimum Gasteiger partial charge on any atom is -0.455 e. The molecule has 1 fully saturated rings. The summed E-state index contributed by atoms with van der Waals surface area (Å²) in [5.74, 6) is -3.72. The molecule has 166 valence electrons. The number of anilines is 1. The van der Waals surface area contributed by atoms with Crippen LogP contribution in [0.1, 0.15) is 12.8 Å².